The van der Waals surface area contributed by atoms with Gasteiger partial charge in [0.1, 0.15) is 5.82 Å². The lowest BCUT2D eigenvalue weighted by molar-refractivity contribution is 0.0991. The molecule has 0 atom stereocenters. The van der Waals surface area contributed by atoms with Crippen LogP contribution in [0.4, 0.5) is 10.1 Å². The molecule has 5 nitrogen and oxygen atoms in total. The van der Waals surface area contributed by atoms with Crippen molar-refractivity contribution in [1.29, 1.82) is 0 Å². The van der Waals surface area contributed by atoms with Gasteiger partial charge in [-0.15, -0.1) is 10.2 Å². The molecule has 23 heavy (non-hydrogen) atoms. The lowest BCUT2D eigenvalue weighted by Gasteiger charge is -2.05. The summed E-state index contributed by atoms with van der Waals surface area (Å²) in [6.07, 6.45) is 0. The van der Waals surface area contributed by atoms with Gasteiger partial charge in [0, 0.05) is 5.56 Å². The van der Waals surface area contributed by atoms with Crippen molar-refractivity contribution in [3.63, 3.8) is 0 Å². The maximum absolute atomic E-state index is 13.2. The number of aromatic nitrogens is 2. The van der Waals surface area contributed by atoms with E-state index in [0.717, 1.165) is 0 Å². The van der Waals surface area contributed by atoms with Crippen molar-refractivity contribution in [2.24, 2.45) is 0 Å². The van der Waals surface area contributed by atoms with Crippen LogP contribution in [0.3, 0.4) is 0 Å². The SMILES string of the molecule is O=C(Nc1cccc(Cl)c1Cl)c1nnc(-c2cccc(F)c2)o1. The molecule has 0 bridgehead atoms. The molecule has 3 aromatic rings. The number of benzene rings is 2. The number of rotatable bonds is 3. The monoisotopic (exact) mass is 351 g/mol. The van der Waals surface area contributed by atoms with E-state index < -0.39 is 11.7 Å². The molecule has 116 valence electrons. The molecule has 2 aromatic carbocycles. The van der Waals surface area contributed by atoms with E-state index in [-0.39, 0.29) is 16.8 Å². The lowest BCUT2D eigenvalue weighted by Crippen LogP contribution is -2.12. The zero-order valence-corrected chi connectivity index (χ0v) is 12.9. The Morgan fingerprint density at radius 2 is 1.91 bits per heavy atom. The second-order valence-corrected chi connectivity index (χ2v) is 5.26. The molecule has 1 heterocycles. The van der Waals surface area contributed by atoms with Gasteiger partial charge in [-0.2, -0.15) is 0 Å². The predicted molar refractivity (Wildman–Crippen MR) is 84.1 cm³/mol. The Balaban J connectivity index is 1.83. The molecular weight excluding hydrogens is 344 g/mol. The summed E-state index contributed by atoms with van der Waals surface area (Å²) in [6.45, 7) is 0. The number of hydrogen-bond acceptors (Lipinski definition) is 4. The zero-order valence-electron chi connectivity index (χ0n) is 11.4. The van der Waals surface area contributed by atoms with E-state index in [4.69, 9.17) is 27.6 Å². The van der Waals surface area contributed by atoms with Gasteiger partial charge in [0.2, 0.25) is 5.89 Å². The third-order valence-corrected chi connectivity index (χ3v) is 3.71. The van der Waals surface area contributed by atoms with Gasteiger partial charge in [0.15, 0.2) is 0 Å². The Hall–Kier alpha value is -2.44. The van der Waals surface area contributed by atoms with Crippen molar-refractivity contribution in [1.82, 2.24) is 10.2 Å². The smallest absolute Gasteiger partial charge is 0.313 e. The average molecular weight is 352 g/mol. The van der Waals surface area contributed by atoms with E-state index in [2.05, 4.69) is 15.5 Å². The van der Waals surface area contributed by atoms with Gasteiger partial charge in [-0.3, -0.25) is 4.79 Å². The fourth-order valence-corrected chi connectivity index (χ4v) is 2.18. The Bertz CT molecular complexity index is 883. The van der Waals surface area contributed by atoms with E-state index >= 15 is 0 Å². The van der Waals surface area contributed by atoms with Crippen molar-refractivity contribution in [3.05, 3.63) is 64.2 Å². The van der Waals surface area contributed by atoms with E-state index in [0.29, 0.717) is 16.3 Å². The van der Waals surface area contributed by atoms with E-state index in [1.165, 1.54) is 18.2 Å². The van der Waals surface area contributed by atoms with Gasteiger partial charge >= 0.3 is 11.8 Å². The molecule has 0 saturated heterocycles. The summed E-state index contributed by atoms with van der Waals surface area (Å²) in [5.41, 5.74) is 0.687. The first-order valence-corrected chi connectivity index (χ1v) is 7.15. The second kappa shape index (κ2) is 6.36. The summed E-state index contributed by atoms with van der Waals surface area (Å²) in [4.78, 5) is 12.1. The van der Waals surface area contributed by atoms with Crippen LogP contribution in [0.25, 0.3) is 11.5 Å². The minimum absolute atomic E-state index is 0.0341. The number of anilines is 1. The number of halogens is 3. The van der Waals surface area contributed by atoms with Crippen molar-refractivity contribution in [3.8, 4) is 11.5 Å². The molecule has 0 unspecified atom stereocenters. The summed E-state index contributed by atoms with van der Waals surface area (Å²) < 4.78 is 18.4. The summed E-state index contributed by atoms with van der Waals surface area (Å²) in [5.74, 6) is -1.34. The van der Waals surface area contributed by atoms with Crippen molar-refractivity contribution >= 4 is 34.8 Å². The average Bonchev–Trinajstić information content (AvgIpc) is 3.02. The number of nitrogens with one attached hydrogen (secondary N) is 1. The van der Waals surface area contributed by atoms with Crippen molar-refractivity contribution in [2.45, 2.75) is 0 Å². The maximum atomic E-state index is 13.2. The first-order chi connectivity index (χ1) is 11.0. The van der Waals surface area contributed by atoms with Gasteiger partial charge in [0.05, 0.1) is 15.7 Å². The standard InChI is InChI=1S/C15H8Cl2FN3O2/c16-10-5-2-6-11(12(10)17)19-13(22)15-21-20-14(23-15)8-3-1-4-9(18)7-8/h1-7H,(H,19,22). The number of nitrogens with zero attached hydrogens (tertiary/aromatic N) is 2. The van der Waals surface area contributed by atoms with Gasteiger partial charge in [-0.05, 0) is 30.3 Å². The molecule has 0 fully saturated rings. The van der Waals surface area contributed by atoms with Crippen LogP contribution in [0, 0.1) is 5.82 Å². The minimum atomic E-state index is -0.649. The van der Waals surface area contributed by atoms with Gasteiger partial charge in [-0.25, -0.2) is 4.39 Å². The molecule has 1 aromatic heterocycles. The summed E-state index contributed by atoms with van der Waals surface area (Å²) in [7, 11) is 0. The number of hydrogen-bond donors (Lipinski definition) is 1. The molecular formula is C15H8Cl2FN3O2. The van der Waals surface area contributed by atoms with Crippen molar-refractivity contribution < 1.29 is 13.6 Å². The summed E-state index contributed by atoms with van der Waals surface area (Å²) in [5, 5.41) is 10.4. The molecule has 3 rings (SSSR count). The first kappa shape index (κ1) is 15.5. The highest BCUT2D eigenvalue weighted by molar-refractivity contribution is 6.44. The highest BCUT2D eigenvalue weighted by Gasteiger charge is 2.17. The maximum Gasteiger partial charge on any atom is 0.313 e. The van der Waals surface area contributed by atoms with Crippen LogP contribution in [-0.4, -0.2) is 16.1 Å². The van der Waals surface area contributed by atoms with Gasteiger partial charge in [-0.1, -0.05) is 35.3 Å². The number of carbonyl (C=O) groups is 1. The highest BCUT2D eigenvalue weighted by Crippen LogP contribution is 2.30. The van der Waals surface area contributed by atoms with E-state index in [1.54, 1.807) is 24.3 Å². The fourth-order valence-electron chi connectivity index (χ4n) is 1.83. The molecule has 8 heteroatoms. The zero-order chi connectivity index (χ0) is 16.4. The molecule has 1 N–H and O–H groups in total. The minimum Gasteiger partial charge on any atom is -0.412 e. The van der Waals surface area contributed by atoms with Crippen LogP contribution < -0.4 is 5.32 Å². The number of carbonyl (C=O) groups excluding carboxylic acids is 1. The Labute approximate surface area is 140 Å². The summed E-state index contributed by atoms with van der Waals surface area (Å²) in [6, 6.07) is 10.4. The molecule has 0 aliphatic rings. The van der Waals surface area contributed by atoms with Crippen LogP contribution in [0.1, 0.15) is 10.7 Å². The van der Waals surface area contributed by atoms with Gasteiger partial charge in [0.25, 0.3) is 0 Å². The molecule has 1 amide bonds. The quantitative estimate of drug-likeness (QED) is 0.757. The molecule has 0 aliphatic carbocycles. The van der Waals surface area contributed by atoms with Crippen LogP contribution in [0.15, 0.2) is 46.9 Å². The third-order valence-electron chi connectivity index (χ3n) is 2.89. The Morgan fingerprint density at radius 1 is 1.13 bits per heavy atom. The van der Waals surface area contributed by atoms with Gasteiger partial charge < -0.3 is 9.73 Å². The molecule has 0 spiro atoms. The fraction of sp³-hybridized carbons (Fsp3) is 0. The number of amides is 1. The third kappa shape index (κ3) is 3.33. The molecule has 0 aliphatic heterocycles. The van der Waals surface area contributed by atoms with Crippen LogP contribution in [0.5, 0.6) is 0 Å². The van der Waals surface area contributed by atoms with Crippen molar-refractivity contribution in [2.75, 3.05) is 5.32 Å². The van der Waals surface area contributed by atoms with Crippen LogP contribution in [0.2, 0.25) is 10.0 Å². The second-order valence-electron chi connectivity index (χ2n) is 4.48. The summed E-state index contributed by atoms with van der Waals surface area (Å²) >= 11 is 11.9. The van der Waals surface area contributed by atoms with E-state index in [1.807, 2.05) is 0 Å². The topological polar surface area (TPSA) is 68.0 Å². The molecule has 0 saturated carbocycles. The van der Waals surface area contributed by atoms with E-state index in [9.17, 15) is 9.18 Å². The first-order valence-electron chi connectivity index (χ1n) is 6.39. The predicted octanol–water partition coefficient (Wildman–Crippen LogP) is 4.43. The Kier molecular flexibility index (Phi) is 4.27. The molecule has 0 radical (unpaired) electrons. The van der Waals surface area contributed by atoms with Crippen LogP contribution in [-0.2, 0) is 0 Å². The highest BCUT2D eigenvalue weighted by atomic mass is 35.5. The largest absolute Gasteiger partial charge is 0.412 e. The normalized spacial score (nSPS) is 10.6. The lowest BCUT2D eigenvalue weighted by atomic mass is 10.2. The Morgan fingerprint density at radius 3 is 2.70 bits per heavy atom. The van der Waals surface area contributed by atoms with Crippen LogP contribution >= 0.6 is 23.2 Å².